The molecule has 2 amide bonds. The Kier molecular flexibility index (Phi) is 4.38. The number of nitrogens with one attached hydrogen (secondary N) is 1. The summed E-state index contributed by atoms with van der Waals surface area (Å²) in [5.41, 5.74) is 1.22. The second-order valence-corrected chi connectivity index (χ2v) is 6.50. The molecule has 0 bridgehead atoms. The van der Waals surface area contributed by atoms with Crippen LogP contribution in [0.3, 0.4) is 0 Å². The zero-order valence-corrected chi connectivity index (χ0v) is 15.4. The summed E-state index contributed by atoms with van der Waals surface area (Å²) in [4.78, 5) is 38.4. The van der Waals surface area contributed by atoms with Gasteiger partial charge in [-0.2, -0.15) is 0 Å². The minimum Gasteiger partial charge on any atom is -0.476 e. The molecule has 8 heteroatoms. The minimum absolute atomic E-state index is 0.0557. The summed E-state index contributed by atoms with van der Waals surface area (Å²) >= 11 is 0. The van der Waals surface area contributed by atoms with Crippen molar-refractivity contribution in [3.63, 3.8) is 0 Å². The lowest BCUT2D eigenvalue weighted by molar-refractivity contribution is -0.123. The van der Waals surface area contributed by atoms with E-state index in [0.29, 0.717) is 34.2 Å². The highest BCUT2D eigenvalue weighted by Gasteiger charge is 2.33. The number of amides is 2. The number of ketones is 1. The molecule has 2 aliphatic rings. The lowest BCUT2D eigenvalue weighted by Gasteiger charge is -2.33. The van der Waals surface area contributed by atoms with E-state index in [4.69, 9.17) is 14.2 Å². The van der Waals surface area contributed by atoms with Gasteiger partial charge in [-0.25, -0.2) is 0 Å². The molecule has 1 N–H and O–H groups in total. The average molecular weight is 382 g/mol. The highest BCUT2D eigenvalue weighted by molar-refractivity contribution is 6.06. The molecule has 0 saturated heterocycles. The van der Waals surface area contributed by atoms with Gasteiger partial charge in [0.25, 0.3) is 5.91 Å². The number of fused-ring (bicyclic) bond motifs is 2. The summed E-state index contributed by atoms with van der Waals surface area (Å²) < 4.78 is 16.4. The van der Waals surface area contributed by atoms with Crippen molar-refractivity contribution in [1.82, 2.24) is 0 Å². The third kappa shape index (κ3) is 3.13. The number of benzene rings is 2. The number of nitrogens with zero attached hydrogens (tertiary/aromatic N) is 1. The number of hydrogen-bond acceptors (Lipinski definition) is 6. The van der Waals surface area contributed by atoms with Crippen molar-refractivity contribution >= 4 is 29.0 Å². The number of carbonyl (C=O) groups is 3. The zero-order chi connectivity index (χ0) is 19.8. The van der Waals surface area contributed by atoms with E-state index in [-0.39, 0.29) is 25.0 Å². The number of hydrogen-bond donors (Lipinski definition) is 1. The molecule has 0 radical (unpaired) electrons. The molecular formula is C20H18N2O6. The maximum absolute atomic E-state index is 12.9. The van der Waals surface area contributed by atoms with Crippen LogP contribution in [0.25, 0.3) is 0 Å². The molecule has 28 heavy (non-hydrogen) atoms. The second kappa shape index (κ2) is 6.88. The van der Waals surface area contributed by atoms with Crippen LogP contribution in [0.15, 0.2) is 36.4 Å². The second-order valence-electron chi connectivity index (χ2n) is 6.50. The summed E-state index contributed by atoms with van der Waals surface area (Å²) in [7, 11) is 0. The van der Waals surface area contributed by atoms with Crippen molar-refractivity contribution in [2.75, 3.05) is 23.6 Å². The van der Waals surface area contributed by atoms with Gasteiger partial charge in [-0.1, -0.05) is 12.1 Å². The number of rotatable bonds is 3. The monoisotopic (exact) mass is 382 g/mol. The van der Waals surface area contributed by atoms with Crippen LogP contribution in [0.1, 0.15) is 24.2 Å². The Labute approximate surface area is 161 Å². The summed E-state index contributed by atoms with van der Waals surface area (Å²) in [5, 5.41) is 2.72. The summed E-state index contributed by atoms with van der Waals surface area (Å²) in [6.07, 6.45) is -0.927. The van der Waals surface area contributed by atoms with Crippen molar-refractivity contribution in [1.29, 1.82) is 0 Å². The van der Waals surface area contributed by atoms with E-state index in [1.165, 1.54) is 18.7 Å². The van der Waals surface area contributed by atoms with E-state index in [0.717, 1.165) is 0 Å². The molecule has 2 heterocycles. The quantitative estimate of drug-likeness (QED) is 0.819. The number of para-hydroxylation sites is 2. The molecule has 2 aliphatic heterocycles. The van der Waals surface area contributed by atoms with E-state index < -0.39 is 12.0 Å². The maximum atomic E-state index is 12.9. The van der Waals surface area contributed by atoms with E-state index in [9.17, 15) is 14.4 Å². The fraction of sp³-hybridized carbons (Fsp3) is 0.250. The molecule has 144 valence electrons. The topological polar surface area (TPSA) is 94.2 Å². The predicted molar refractivity (Wildman–Crippen MR) is 100 cm³/mol. The lowest BCUT2D eigenvalue weighted by Crippen LogP contribution is -2.48. The van der Waals surface area contributed by atoms with Crippen LogP contribution < -0.4 is 24.4 Å². The highest BCUT2D eigenvalue weighted by Crippen LogP contribution is 2.38. The number of anilines is 2. The highest BCUT2D eigenvalue weighted by atomic mass is 16.7. The van der Waals surface area contributed by atoms with Crippen molar-refractivity contribution in [2.45, 2.75) is 20.0 Å². The molecule has 0 saturated carbocycles. The third-order valence-electron chi connectivity index (χ3n) is 4.60. The molecule has 2 aromatic carbocycles. The van der Waals surface area contributed by atoms with Crippen molar-refractivity contribution in [3.8, 4) is 17.2 Å². The van der Waals surface area contributed by atoms with Gasteiger partial charge in [-0.05, 0) is 25.1 Å². The molecule has 4 rings (SSSR count). The Morgan fingerprint density at radius 3 is 2.46 bits per heavy atom. The number of ether oxygens (including phenoxy) is 3. The summed E-state index contributed by atoms with van der Waals surface area (Å²) in [6, 6.07) is 10.1. The van der Waals surface area contributed by atoms with Gasteiger partial charge in [0.2, 0.25) is 12.7 Å². The molecular weight excluding hydrogens is 364 g/mol. The number of carbonyl (C=O) groups excluding carboxylic acids is 3. The Bertz CT molecular complexity index is 987. The molecule has 2 aromatic rings. The molecule has 0 aromatic heterocycles. The van der Waals surface area contributed by atoms with Gasteiger partial charge in [-0.15, -0.1) is 0 Å². The average Bonchev–Trinajstić information content (AvgIpc) is 3.13. The molecule has 0 aliphatic carbocycles. The summed E-state index contributed by atoms with van der Waals surface area (Å²) in [6.45, 7) is 2.96. The zero-order valence-electron chi connectivity index (χ0n) is 15.4. The first kappa shape index (κ1) is 17.8. The first-order valence-corrected chi connectivity index (χ1v) is 8.73. The maximum Gasteiger partial charge on any atom is 0.267 e. The van der Waals surface area contributed by atoms with Gasteiger partial charge in [0.15, 0.2) is 23.4 Å². The smallest absolute Gasteiger partial charge is 0.267 e. The van der Waals surface area contributed by atoms with Crippen LogP contribution in [0.2, 0.25) is 0 Å². The van der Waals surface area contributed by atoms with E-state index >= 15 is 0 Å². The van der Waals surface area contributed by atoms with Crippen molar-refractivity contribution < 1.29 is 28.6 Å². The molecule has 8 nitrogen and oxygen atoms in total. The van der Waals surface area contributed by atoms with Crippen molar-refractivity contribution in [3.05, 3.63) is 42.0 Å². The lowest BCUT2D eigenvalue weighted by atomic mass is 10.1. The largest absolute Gasteiger partial charge is 0.476 e. The van der Waals surface area contributed by atoms with Crippen LogP contribution in [-0.4, -0.2) is 37.0 Å². The minimum atomic E-state index is -0.927. The van der Waals surface area contributed by atoms with Gasteiger partial charge in [0.1, 0.15) is 5.75 Å². The Balaban J connectivity index is 1.61. The normalized spacial score (nSPS) is 16.8. The molecule has 1 atom stereocenters. The van der Waals surface area contributed by atoms with Gasteiger partial charge in [-0.3, -0.25) is 14.4 Å². The van der Waals surface area contributed by atoms with Crippen LogP contribution in [0.5, 0.6) is 17.2 Å². The van der Waals surface area contributed by atoms with Gasteiger partial charge >= 0.3 is 0 Å². The summed E-state index contributed by atoms with van der Waals surface area (Å²) in [5.74, 6) is 0.452. The van der Waals surface area contributed by atoms with E-state index in [2.05, 4.69) is 5.32 Å². The van der Waals surface area contributed by atoms with Crippen LogP contribution in [-0.2, 0) is 9.59 Å². The molecule has 0 fully saturated rings. The third-order valence-corrected chi connectivity index (χ3v) is 4.60. The number of Topliss-reactive ketones (excluding diaryl/α,β-unsaturated/α-hetero) is 1. The van der Waals surface area contributed by atoms with Crippen LogP contribution >= 0.6 is 0 Å². The molecule has 0 unspecified atom stereocenters. The van der Waals surface area contributed by atoms with E-state index in [1.54, 1.807) is 36.4 Å². The van der Waals surface area contributed by atoms with Crippen LogP contribution in [0, 0.1) is 0 Å². The standard InChI is InChI=1S/C20H18N2O6/c1-11(23)13-7-17-18(27-10-26-17)8-14(13)21-20(25)19-9-22(12(2)24)15-5-3-4-6-16(15)28-19/h3-8,19H,9-10H2,1-2H3,(H,21,25)/t19-/m1/s1. The van der Waals surface area contributed by atoms with Gasteiger partial charge in [0.05, 0.1) is 17.9 Å². The fourth-order valence-electron chi connectivity index (χ4n) is 3.22. The van der Waals surface area contributed by atoms with Gasteiger partial charge in [0, 0.05) is 18.6 Å². The van der Waals surface area contributed by atoms with Gasteiger partial charge < -0.3 is 24.4 Å². The van der Waals surface area contributed by atoms with E-state index in [1.807, 2.05) is 0 Å². The van der Waals surface area contributed by atoms with Crippen molar-refractivity contribution in [2.24, 2.45) is 0 Å². The predicted octanol–water partition coefficient (Wildman–Crippen LogP) is 2.37. The first-order chi connectivity index (χ1) is 13.4. The van der Waals surface area contributed by atoms with Crippen LogP contribution in [0.4, 0.5) is 11.4 Å². The molecule has 0 spiro atoms. The Morgan fingerprint density at radius 1 is 1.04 bits per heavy atom. The Hall–Kier alpha value is -3.55. The Morgan fingerprint density at radius 2 is 1.75 bits per heavy atom. The SMILES string of the molecule is CC(=O)c1cc2c(cc1NC(=O)[C@H]1CN(C(C)=O)c3ccccc3O1)OCO2. The fourth-order valence-corrected chi connectivity index (χ4v) is 3.22. The first-order valence-electron chi connectivity index (χ1n) is 8.73.